The first-order valence-electron chi connectivity index (χ1n) is 10.5. The van der Waals surface area contributed by atoms with E-state index in [2.05, 4.69) is 47.4 Å². The zero-order valence-electron chi connectivity index (χ0n) is 17.5. The zero-order valence-corrected chi connectivity index (χ0v) is 19.2. The number of rotatable bonds is 2. The first kappa shape index (κ1) is 22.1. The van der Waals surface area contributed by atoms with Gasteiger partial charge >= 0.3 is 0 Å². The standard InChI is InChI=1S/C23H22N2S.CH4O3S/c24-12-17-9-10-23-19(11-17)21-15-25(13-16-5-1-2-6-16)14-20(21)18-7-3-4-8-22(18)26-23;1-5(2,3)4/h3-4,7-11,16H,1-2,5-6,13-15H2;1H3,(H,2,3,4). The number of benzene rings is 2. The monoisotopic (exact) mass is 454 g/mol. The highest BCUT2D eigenvalue weighted by Gasteiger charge is 2.31. The van der Waals surface area contributed by atoms with Gasteiger partial charge in [-0.3, -0.25) is 9.45 Å². The molecule has 0 amide bonds. The third-order valence-corrected chi connectivity index (χ3v) is 7.14. The van der Waals surface area contributed by atoms with Gasteiger partial charge in [-0.25, -0.2) is 0 Å². The van der Waals surface area contributed by atoms with Crippen LogP contribution in [0.15, 0.2) is 52.3 Å². The SMILES string of the molecule is CS(=O)(=O)O.N#Cc1ccc2c(c1)C1=C(CN(CC3CCCC3)C1)c1ccccc1S2. The number of nitrogens with zero attached hydrogens (tertiary/aromatic N) is 2. The molecule has 162 valence electrons. The summed E-state index contributed by atoms with van der Waals surface area (Å²) in [6, 6.07) is 17.3. The molecule has 1 saturated carbocycles. The van der Waals surface area contributed by atoms with E-state index in [0.717, 1.165) is 24.6 Å². The number of fused-ring (bicyclic) bond motifs is 4. The Kier molecular flexibility index (Phi) is 6.54. The van der Waals surface area contributed by atoms with Crippen LogP contribution in [0.2, 0.25) is 0 Å². The topological polar surface area (TPSA) is 81.4 Å². The average molecular weight is 455 g/mol. The van der Waals surface area contributed by atoms with Gasteiger partial charge in [-0.2, -0.15) is 13.7 Å². The van der Waals surface area contributed by atoms with Gasteiger partial charge in [0.15, 0.2) is 0 Å². The van der Waals surface area contributed by atoms with Crippen LogP contribution in [0.5, 0.6) is 0 Å². The number of hydrogen-bond acceptors (Lipinski definition) is 5. The molecule has 31 heavy (non-hydrogen) atoms. The van der Waals surface area contributed by atoms with E-state index in [-0.39, 0.29) is 0 Å². The summed E-state index contributed by atoms with van der Waals surface area (Å²) in [5.41, 5.74) is 6.33. The Morgan fingerprint density at radius 2 is 1.68 bits per heavy atom. The Bertz CT molecular complexity index is 1150. The lowest BCUT2D eigenvalue weighted by atomic mass is 9.96. The molecule has 2 aromatic carbocycles. The van der Waals surface area contributed by atoms with Gasteiger partial charge in [-0.15, -0.1) is 0 Å². The quantitative estimate of drug-likeness (QED) is 0.647. The minimum atomic E-state index is -3.67. The summed E-state index contributed by atoms with van der Waals surface area (Å²) in [5, 5.41) is 9.38. The molecule has 1 fully saturated rings. The van der Waals surface area contributed by atoms with Gasteiger partial charge in [0.05, 0.1) is 17.9 Å². The van der Waals surface area contributed by atoms with Crippen LogP contribution in [0.4, 0.5) is 0 Å². The molecule has 2 aromatic rings. The summed E-state index contributed by atoms with van der Waals surface area (Å²) in [6.07, 6.45) is 6.30. The Hall–Kier alpha value is -2.11. The molecule has 1 aliphatic carbocycles. The highest BCUT2D eigenvalue weighted by molar-refractivity contribution is 7.99. The summed E-state index contributed by atoms with van der Waals surface area (Å²) in [7, 11) is -3.67. The number of hydrogen-bond donors (Lipinski definition) is 1. The van der Waals surface area contributed by atoms with E-state index in [9.17, 15) is 13.7 Å². The lowest BCUT2D eigenvalue weighted by molar-refractivity contribution is 0.294. The molecule has 0 aromatic heterocycles. The average Bonchev–Trinajstić information content (AvgIpc) is 3.35. The fourth-order valence-corrected chi connectivity index (χ4v) is 5.84. The molecule has 2 heterocycles. The van der Waals surface area contributed by atoms with Gasteiger partial charge in [0.2, 0.25) is 0 Å². The molecule has 3 aliphatic rings. The molecule has 0 radical (unpaired) electrons. The molecule has 5 nitrogen and oxygen atoms in total. The van der Waals surface area contributed by atoms with Crippen molar-refractivity contribution in [2.75, 3.05) is 25.9 Å². The smallest absolute Gasteiger partial charge is 0.261 e. The van der Waals surface area contributed by atoms with E-state index in [0.29, 0.717) is 6.26 Å². The van der Waals surface area contributed by atoms with Crippen LogP contribution in [0.1, 0.15) is 42.4 Å². The lowest BCUT2D eigenvalue weighted by Crippen LogP contribution is -2.27. The molecule has 0 saturated heterocycles. The predicted octanol–water partition coefficient (Wildman–Crippen LogP) is 4.94. The Balaban J connectivity index is 0.000000418. The van der Waals surface area contributed by atoms with E-state index in [1.54, 1.807) is 0 Å². The molecule has 5 rings (SSSR count). The number of nitriles is 1. The molecule has 1 N–H and O–H groups in total. The van der Waals surface area contributed by atoms with Crippen molar-refractivity contribution in [2.45, 2.75) is 35.5 Å². The summed E-state index contributed by atoms with van der Waals surface area (Å²) in [4.78, 5) is 5.26. The van der Waals surface area contributed by atoms with Crippen LogP contribution in [0.25, 0.3) is 11.1 Å². The van der Waals surface area contributed by atoms with Gasteiger partial charge in [0, 0.05) is 29.4 Å². The van der Waals surface area contributed by atoms with Crippen LogP contribution in [0.3, 0.4) is 0 Å². The van der Waals surface area contributed by atoms with Crippen molar-refractivity contribution in [3.05, 3.63) is 59.2 Å². The molecule has 0 atom stereocenters. The van der Waals surface area contributed by atoms with E-state index in [1.165, 1.54) is 64.3 Å². The molecule has 0 bridgehead atoms. The molecule has 2 aliphatic heterocycles. The van der Waals surface area contributed by atoms with Gasteiger partial charge in [-0.05, 0) is 65.3 Å². The highest BCUT2D eigenvalue weighted by atomic mass is 32.2. The maximum atomic E-state index is 9.38. The van der Waals surface area contributed by atoms with Crippen molar-refractivity contribution in [3.63, 3.8) is 0 Å². The van der Waals surface area contributed by atoms with Crippen molar-refractivity contribution in [1.29, 1.82) is 5.26 Å². The largest absolute Gasteiger partial charge is 0.294 e. The minimum Gasteiger partial charge on any atom is -0.294 e. The zero-order chi connectivity index (χ0) is 22.0. The molecule has 0 unspecified atom stereocenters. The Labute approximate surface area is 188 Å². The van der Waals surface area contributed by atoms with Crippen molar-refractivity contribution < 1.29 is 13.0 Å². The first-order valence-corrected chi connectivity index (χ1v) is 13.2. The molecular weight excluding hydrogens is 428 g/mol. The molecular formula is C24H26N2O3S2. The third kappa shape index (κ3) is 5.39. The van der Waals surface area contributed by atoms with Crippen LogP contribution < -0.4 is 0 Å². The Morgan fingerprint density at radius 3 is 2.35 bits per heavy atom. The molecule has 7 heteroatoms. The van der Waals surface area contributed by atoms with Crippen LogP contribution in [-0.2, 0) is 10.1 Å². The fourth-order valence-electron chi connectivity index (χ4n) is 4.72. The minimum absolute atomic E-state index is 0.715. The second-order valence-electron chi connectivity index (χ2n) is 8.43. The second kappa shape index (κ2) is 9.17. The van der Waals surface area contributed by atoms with Crippen LogP contribution >= 0.6 is 11.8 Å². The third-order valence-electron chi connectivity index (χ3n) is 5.98. The van der Waals surface area contributed by atoms with Gasteiger partial charge < -0.3 is 0 Å². The van der Waals surface area contributed by atoms with Gasteiger partial charge in [0.25, 0.3) is 10.1 Å². The molecule has 0 spiro atoms. The maximum Gasteiger partial charge on any atom is 0.261 e. The summed E-state index contributed by atoms with van der Waals surface area (Å²) in [5.74, 6) is 0.869. The Morgan fingerprint density at radius 1 is 1.06 bits per heavy atom. The predicted molar refractivity (Wildman–Crippen MR) is 124 cm³/mol. The van der Waals surface area contributed by atoms with Crippen molar-refractivity contribution in [1.82, 2.24) is 4.90 Å². The van der Waals surface area contributed by atoms with E-state index < -0.39 is 10.1 Å². The first-order chi connectivity index (χ1) is 14.8. The van der Waals surface area contributed by atoms with Gasteiger partial charge in [-0.1, -0.05) is 42.8 Å². The second-order valence-corrected chi connectivity index (χ2v) is 11.0. The van der Waals surface area contributed by atoms with E-state index in [1.807, 2.05) is 17.8 Å². The van der Waals surface area contributed by atoms with Crippen LogP contribution in [-0.4, -0.2) is 43.8 Å². The van der Waals surface area contributed by atoms with Crippen molar-refractivity contribution in [3.8, 4) is 6.07 Å². The fraction of sp³-hybridized carbons (Fsp3) is 0.375. The summed E-state index contributed by atoms with van der Waals surface area (Å²) < 4.78 is 25.9. The highest BCUT2D eigenvalue weighted by Crippen LogP contribution is 2.47. The van der Waals surface area contributed by atoms with E-state index in [4.69, 9.17) is 4.55 Å². The summed E-state index contributed by atoms with van der Waals surface area (Å²) >= 11 is 1.84. The summed E-state index contributed by atoms with van der Waals surface area (Å²) in [6.45, 7) is 3.28. The maximum absolute atomic E-state index is 9.38. The lowest BCUT2D eigenvalue weighted by Gasteiger charge is -2.21. The van der Waals surface area contributed by atoms with Gasteiger partial charge in [0.1, 0.15) is 0 Å². The van der Waals surface area contributed by atoms with Crippen molar-refractivity contribution in [2.24, 2.45) is 5.92 Å². The normalized spacial score (nSPS) is 18.4. The van der Waals surface area contributed by atoms with Crippen molar-refractivity contribution >= 4 is 33.0 Å². The van der Waals surface area contributed by atoms with Crippen LogP contribution in [0, 0.1) is 17.2 Å². The van der Waals surface area contributed by atoms with E-state index >= 15 is 0 Å².